The van der Waals surface area contributed by atoms with Crippen LogP contribution < -0.4 is 69.4 Å². The maximum Gasteiger partial charge on any atom is 0.249 e. The molecule has 122 valence electrons. The van der Waals surface area contributed by atoms with Crippen LogP contribution >= 0.6 is 37.2 Å². The van der Waals surface area contributed by atoms with E-state index in [2.05, 4.69) is 47.2 Å². The molecule has 0 unspecified atom stereocenters. The Hall–Kier alpha value is 0.160. The lowest BCUT2D eigenvalue weighted by Gasteiger charge is -1.85. The van der Waals surface area contributed by atoms with E-state index in [-0.39, 0.29) is 48.0 Å². The molecule has 0 fully saturated rings. The molecular formula is C12H14I4N4O2. The Morgan fingerprint density at radius 2 is 0.955 bits per heavy atom. The largest absolute Gasteiger partial charge is 1.00 e. The fraction of sp³-hybridized carbons (Fsp3) is 0. The number of pyridine rings is 2. The van der Waals surface area contributed by atoms with Gasteiger partial charge in [-0.15, -0.1) is 0 Å². The minimum absolute atomic E-state index is 0. The van der Waals surface area contributed by atoms with Gasteiger partial charge in [0, 0.05) is 61.5 Å². The lowest BCUT2D eigenvalue weighted by Crippen LogP contribution is -3.00. The number of amides is 2. The molecule has 0 saturated carbocycles. The topological polar surface area (TPSA) is 114 Å². The lowest BCUT2D eigenvalue weighted by molar-refractivity contribution is -0.378. The van der Waals surface area contributed by atoms with Crippen LogP contribution in [0.4, 0.5) is 0 Å². The number of nitrogens with one attached hydrogen (secondary N) is 2. The van der Waals surface area contributed by atoms with Gasteiger partial charge in [-0.1, -0.05) is 0 Å². The fourth-order valence-electron chi connectivity index (χ4n) is 1.10. The van der Waals surface area contributed by atoms with Crippen LogP contribution in [-0.4, -0.2) is 11.8 Å². The third kappa shape index (κ3) is 12.7. The molecule has 0 radical (unpaired) electrons. The van der Waals surface area contributed by atoms with E-state index >= 15 is 0 Å². The second-order valence-corrected chi connectivity index (χ2v) is 3.31. The van der Waals surface area contributed by atoms with E-state index in [1.807, 2.05) is 0 Å². The van der Waals surface area contributed by atoms with Crippen LogP contribution in [0.2, 0.25) is 0 Å². The Morgan fingerprint density at radius 3 is 1.09 bits per heavy atom. The van der Waals surface area contributed by atoms with Gasteiger partial charge in [-0.2, -0.15) is 0 Å². The molecule has 0 bridgehead atoms. The van der Waals surface area contributed by atoms with Gasteiger partial charge in [0.2, 0.25) is 11.8 Å². The van der Waals surface area contributed by atoms with Crippen LogP contribution in [0, 0.1) is 0 Å². The van der Waals surface area contributed by atoms with E-state index in [0.717, 1.165) is 0 Å². The standard InChI is InChI=1S/2C6H6N2O.I2.2HI/c2*7-6(9)5-1-3-8-4-2-5;1-2;;/h2*1-4H,(H2,7,9);;2*1H. The van der Waals surface area contributed by atoms with Crippen LogP contribution in [0.5, 0.6) is 0 Å². The number of rotatable bonds is 2. The molecule has 0 atom stereocenters. The monoisotopic (exact) mass is 754 g/mol. The Labute approximate surface area is 186 Å². The summed E-state index contributed by atoms with van der Waals surface area (Å²) in [6, 6.07) is 6.51. The molecule has 6 nitrogen and oxygen atoms in total. The predicted molar refractivity (Wildman–Crippen MR) is 91.1 cm³/mol. The van der Waals surface area contributed by atoms with Gasteiger partial charge in [0.05, 0.1) is 11.1 Å². The first-order valence-electron chi connectivity index (χ1n) is 5.27. The maximum absolute atomic E-state index is 10.4. The molecule has 2 rings (SSSR count). The first kappa shape index (κ1) is 27.0. The number of carbonyl (C=O) groups excluding carboxylic acids is 2. The second kappa shape index (κ2) is 17.5. The smallest absolute Gasteiger partial charge is 0.249 e. The average molecular weight is 754 g/mol. The highest BCUT2D eigenvalue weighted by Crippen LogP contribution is 1.90. The van der Waals surface area contributed by atoms with E-state index in [4.69, 9.17) is 11.5 Å². The van der Waals surface area contributed by atoms with E-state index in [0.29, 0.717) is 11.1 Å². The van der Waals surface area contributed by atoms with Crippen LogP contribution in [0.15, 0.2) is 49.1 Å². The SMILES string of the molecule is II.NC(=O)c1cc[nH+]cc1.NC(=O)c1cc[nH+]cc1.[I-].[I-]. The van der Waals surface area contributed by atoms with Gasteiger partial charge in [-0.05, 0) is 0 Å². The van der Waals surface area contributed by atoms with Crippen molar-refractivity contribution < 1.29 is 67.5 Å². The molecule has 22 heavy (non-hydrogen) atoms. The van der Waals surface area contributed by atoms with Gasteiger partial charge in [-0.25, -0.2) is 9.97 Å². The summed E-state index contributed by atoms with van der Waals surface area (Å²) in [6.07, 6.45) is 6.61. The zero-order valence-electron chi connectivity index (χ0n) is 11.1. The number of hydrogen-bond acceptors (Lipinski definition) is 2. The number of hydrogen-bond donors (Lipinski definition) is 2. The number of halogens is 4. The molecule has 10 heteroatoms. The van der Waals surface area contributed by atoms with Crippen molar-refractivity contribution >= 4 is 49.0 Å². The van der Waals surface area contributed by atoms with Gasteiger partial charge >= 0.3 is 0 Å². The molecule has 0 saturated heterocycles. The summed E-state index contributed by atoms with van der Waals surface area (Å²) in [5, 5.41) is 0. The van der Waals surface area contributed by atoms with E-state index in [1.165, 1.54) is 0 Å². The van der Waals surface area contributed by atoms with Crippen LogP contribution in [-0.2, 0) is 0 Å². The first-order valence-corrected chi connectivity index (χ1v) is 11.6. The third-order valence-electron chi connectivity index (χ3n) is 2.01. The maximum atomic E-state index is 10.4. The van der Waals surface area contributed by atoms with Gasteiger partial charge in [0.25, 0.3) is 0 Å². The van der Waals surface area contributed by atoms with Crippen molar-refractivity contribution in [2.24, 2.45) is 11.5 Å². The molecule has 0 aromatic carbocycles. The van der Waals surface area contributed by atoms with Crippen molar-refractivity contribution in [3.8, 4) is 0 Å². The molecule has 2 amide bonds. The molecule has 2 heterocycles. The minimum atomic E-state index is -0.399. The Morgan fingerprint density at radius 1 is 0.727 bits per heavy atom. The summed E-state index contributed by atoms with van der Waals surface area (Å²) in [5.74, 6) is -0.798. The molecule has 2 aromatic rings. The molecule has 0 aliphatic carbocycles. The number of primary amides is 2. The highest BCUT2D eigenvalue weighted by atomic mass is 128. The van der Waals surface area contributed by atoms with Crippen molar-refractivity contribution in [3.63, 3.8) is 0 Å². The van der Waals surface area contributed by atoms with Gasteiger partial charge in [0.15, 0.2) is 24.8 Å². The molecule has 0 spiro atoms. The molecule has 2 aromatic heterocycles. The Kier molecular flexibility index (Phi) is 21.5. The lowest BCUT2D eigenvalue weighted by atomic mass is 10.3. The summed E-state index contributed by atoms with van der Waals surface area (Å²) < 4.78 is 0. The second-order valence-electron chi connectivity index (χ2n) is 3.31. The Balaban J connectivity index is -0.000000273. The fourth-order valence-corrected chi connectivity index (χ4v) is 1.10. The van der Waals surface area contributed by atoms with Crippen molar-refractivity contribution in [2.45, 2.75) is 0 Å². The highest BCUT2D eigenvalue weighted by Gasteiger charge is 1.97. The number of H-pyrrole nitrogens is 2. The summed E-state index contributed by atoms with van der Waals surface area (Å²) in [6.45, 7) is 0. The van der Waals surface area contributed by atoms with Crippen molar-refractivity contribution in [1.82, 2.24) is 0 Å². The van der Waals surface area contributed by atoms with Crippen LogP contribution in [0.1, 0.15) is 20.7 Å². The van der Waals surface area contributed by atoms with Crippen LogP contribution in [0.3, 0.4) is 0 Å². The van der Waals surface area contributed by atoms with E-state index in [9.17, 15) is 9.59 Å². The number of aromatic nitrogens is 2. The Bertz CT molecular complexity index is 480. The zero-order valence-corrected chi connectivity index (χ0v) is 19.7. The number of aromatic amines is 2. The first-order chi connectivity index (χ1) is 9.61. The summed E-state index contributed by atoms with van der Waals surface area (Å²) >= 11 is 4.24. The van der Waals surface area contributed by atoms with Crippen molar-refractivity contribution in [1.29, 1.82) is 0 Å². The van der Waals surface area contributed by atoms with E-state index in [1.54, 1.807) is 49.1 Å². The van der Waals surface area contributed by atoms with Crippen LogP contribution in [0.25, 0.3) is 0 Å². The minimum Gasteiger partial charge on any atom is -1.00 e. The van der Waals surface area contributed by atoms with Gasteiger partial charge in [0.1, 0.15) is 0 Å². The zero-order chi connectivity index (χ0) is 15.4. The van der Waals surface area contributed by atoms with E-state index < -0.39 is 11.8 Å². The van der Waals surface area contributed by atoms with Gasteiger partial charge in [-0.3, -0.25) is 9.59 Å². The normalized spacial score (nSPS) is 7.55. The predicted octanol–water partition coefficient (Wildman–Crippen LogP) is -5.02. The number of carbonyl (C=O) groups is 2. The summed E-state index contributed by atoms with van der Waals surface area (Å²) in [5.41, 5.74) is 11.0. The molecule has 0 aliphatic heterocycles. The number of nitrogens with two attached hydrogens (primary N) is 2. The average Bonchev–Trinajstić information content (AvgIpc) is 2.51. The van der Waals surface area contributed by atoms with Crippen molar-refractivity contribution in [2.75, 3.05) is 0 Å². The summed E-state index contributed by atoms with van der Waals surface area (Å²) in [4.78, 5) is 26.4. The highest BCUT2D eigenvalue weighted by molar-refractivity contribution is 15.0. The molecule has 0 aliphatic rings. The molecule has 6 N–H and O–H groups in total. The molecular weight excluding hydrogens is 740 g/mol. The summed E-state index contributed by atoms with van der Waals surface area (Å²) in [7, 11) is 0. The third-order valence-corrected chi connectivity index (χ3v) is 2.01. The van der Waals surface area contributed by atoms with Gasteiger partial charge < -0.3 is 59.4 Å². The quantitative estimate of drug-likeness (QED) is 0.300. The van der Waals surface area contributed by atoms with Crippen molar-refractivity contribution in [3.05, 3.63) is 60.2 Å².